The third-order valence-corrected chi connectivity index (χ3v) is 3.64. The lowest BCUT2D eigenvalue weighted by molar-refractivity contribution is 0.0950. The van der Waals surface area contributed by atoms with E-state index in [0.717, 1.165) is 19.6 Å². The molecule has 0 bridgehead atoms. The van der Waals surface area contributed by atoms with Crippen molar-refractivity contribution in [2.24, 2.45) is 0 Å². The zero-order valence-electron chi connectivity index (χ0n) is 10.5. The van der Waals surface area contributed by atoms with Gasteiger partial charge < -0.3 is 10.2 Å². The van der Waals surface area contributed by atoms with E-state index in [0.29, 0.717) is 22.2 Å². The van der Waals surface area contributed by atoms with Gasteiger partial charge in [0.05, 0.1) is 10.6 Å². The second kappa shape index (κ2) is 7.95. The van der Waals surface area contributed by atoms with Crippen LogP contribution in [0.2, 0.25) is 10.0 Å². The number of rotatable bonds is 4. The van der Waals surface area contributed by atoms with E-state index >= 15 is 0 Å². The van der Waals surface area contributed by atoms with Crippen LogP contribution in [0.3, 0.4) is 0 Å². The highest BCUT2D eigenvalue weighted by atomic mass is 35.5. The normalized spacial score (nSPS) is 15.1. The van der Waals surface area contributed by atoms with E-state index < -0.39 is 0 Å². The Bertz CT molecular complexity index is 434. The summed E-state index contributed by atoms with van der Waals surface area (Å²) >= 11 is 11.8. The first-order valence-electron chi connectivity index (χ1n) is 6.12. The number of halogens is 3. The number of benzene rings is 1. The Morgan fingerprint density at radius 1 is 1.26 bits per heavy atom. The van der Waals surface area contributed by atoms with E-state index in [1.165, 1.54) is 12.8 Å². The Kier molecular flexibility index (Phi) is 6.94. The zero-order chi connectivity index (χ0) is 13.0. The fourth-order valence-corrected chi connectivity index (χ4v) is 2.60. The van der Waals surface area contributed by atoms with Crippen LogP contribution in [0.15, 0.2) is 18.2 Å². The molecule has 0 spiro atoms. The lowest BCUT2D eigenvalue weighted by atomic mass is 10.2. The molecule has 1 saturated heterocycles. The van der Waals surface area contributed by atoms with Crippen LogP contribution in [0.4, 0.5) is 0 Å². The monoisotopic (exact) mass is 322 g/mol. The fourth-order valence-electron chi connectivity index (χ4n) is 2.10. The molecule has 0 aliphatic carbocycles. The predicted octanol–water partition coefficient (Wildman–Crippen LogP) is 3.24. The second-order valence-corrected chi connectivity index (χ2v) is 5.27. The number of likely N-dealkylation sites (tertiary alicyclic amines) is 1. The number of carbonyl (C=O) groups excluding carboxylic acids is 1. The summed E-state index contributed by atoms with van der Waals surface area (Å²) in [6, 6.07) is 4.90. The lowest BCUT2D eigenvalue weighted by Gasteiger charge is -2.14. The van der Waals surface area contributed by atoms with Gasteiger partial charge in [-0.05, 0) is 44.1 Å². The third-order valence-electron chi connectivity index (χ3n) is 3.09. The van der Waals surface area contributed by atoms with Crippen LogP contribution in [0, 0.1) is 0 Å². The first-order chi connectivity index (χ1) is 8.66. The van der Waals surface area contributed by atoms with Crippen LogP contribution in [0.1, 0.15) is 23.2 Å². The smallest absolute Gasteiger partial charge is 0.252 e. The molecular formula is C13H17Cl3N2O. The molecule has 1 fully saturated rings. The predicted molar refractivity (Wildman–Crippen MR) is 81.7 cm³/mol. The molecule has 1 aliphatic rings. The van der Waals surface area contributed by atoms with Crippen molar-refractivity contribution in [2.45, 2.75) is 12.8 Å². The van der Waals surface area contributed by atoms with Gasteiger partial charge in [-0.2, -0.15) is 0 Å². The van der Waals surface area contributed by atoms with Crippen LogP contribution < -0.4 is 5.32 Å². The van der Waals surface area contributed by atoms with Gasteiger partial charge >= 0.3 is 0 Å². The van der Waals surface area contributed by atoms with Gasteiger partial charge in [0.25, 0.3) is 5.91 Å². The van der Waals surface area contributed by atoms with Gasteiger partial charge in [0.15, 0.2) is 0 Å². The molecule has 1 amide bonds. The molecule has 2 rings (SSSR count). The molecule has 1 heterocycles. The van der Waals surface area contributed by atoms with Gasteiger partial charge in [-0.1, -0.05) is 23.2 Å². The van der Waals surface area contributed by atoms with E-state index in [1.54, 1.807) is 18.2 Å². The standard InChI is InChI=1S/C13H16Cl2N2O.ClH/c14-10-3-4-11(12(15)9-10)13(18)16-5-8-17-6-1-2-7-17;/h3-4,9H,1-2,5-8H2,(H,16,18);1H. The topological polar surface area (TPSA) is 32.3 Å². The highest BCUT2D eigenvalue weighted by Gasteiger charge is 2.13. The van der Waals surface area contributed by atoms with Crippen LogP contribution in [-0.2, 0) is 0 Å². The highest BCUT2D eigenvalue weighted by molar-refractivity contribution is 6.36. The number of nitrogens with one attached hydrogen (secondary N) is 1. The van der Waals surface area contributed by atoms with Crippen LogP contribution in [-0.4, -0.2) is 37.0 Å². The minimum absolute atomic E-state index is 0. The highest BCUT2D eigenvalue weighted by Crippen LogP contribution is 2.20. The molecule has 3 nitrogen and oxygen atoms in total. The number of carbonyl (C=O) groups is 1. The first-order valence-corrected chi connectivity index (χ1v) is 6.88. The van der Waals surface area contributed by atoms with Crippen molar-refractivity contribution >= 4 is 41.5 Å². The Balaban J connectivity index is 0.00000180. The van der Waals surface area contributed by atoms with Gasteiger partial charge in [-0.15, -0.1) is 12.4 Å². The molecule has 1 aromatic carbocycles. The van der Waals surface area contributed by atoms with Crippen molar-refractivity contribution in [3.8, 4) is 0 Å². The van der Waals surface area contributed by atoms with Crippen molar-refractivity contribution in [1.82, 2.24) is 10.2 Å². The first kappa shape index (κ1) is 16.6. The Morgan fingerprint density at radius 3 is 2.58 bits per heavy atom. The Hall–Kier alpha value is -0.480. The van der Waals surface area contributed by atoms with E-state index in [2.05, 4.69) is 10.2 Å². The molecule has 1 aliphatic heterocycles. The van der Waals surface area contributed by atoms with Crippen molar-refractivity contribution in [1.29, 1.82) is 0 Å². The SMILES string of the molecule is Cl.O=C(NCCN1CCCC1)c1ccc(Cl)cc1Cl. The van der Waals surface area contributed by atoms with Crippen molar-refractivity contribution in [3.63, 3.8) is 0 Å². The maximum absolute atomic E-state index is 11.9. The molecule has 106 valence electrons. The van der Waals surface area contributed by atoms with E-state index in [9.17, 15) is 4.79 Å². The van der Waals surface area contributed by atoms with Crippen molar-refractivity contribution in [2.75, 3.05) is 26.2 Å². The summed E-state index contributed by atoms with van der Waals surface area (Å²) in [4.78, 5) is 14.2. The lowest BCUT2D eigenvalue weighted by Crippen LogP contribution is -2.33. The maximum Gasteiger partial charge on any atom is 0.252 e. The Morgan fingerprint density at radius 2 is 1.95 bits per heavy atom. The van der Waals surface area contributed by atoms with Gasteiger partial charge in [0.1, 0.15) is 0 Å². The average Bonchev–Trinajstić information content (AvgIpc) is 2.81. The fraction of sp³-hybridized carbons (Fsp3) is 0.462. The summed E-state index contributed by atoms with van der Waals surface area (Å²) < 4.78 is 0. The van der Waals surface area contributed by atoms with E-state index in [1.807, 2.05) is 0 Å². The average molecular weight is 324 g/mol. The van der Waals surface area contributed by atoms with Crippen molar-refractivity contribution in [3.05, 3.63) is 33.8 Å². The molecule has 0 atom stereocenters. The van der Waals surface area contributed by atoms with Crippen LogP contribution >= 0.6 is 35.6 Å². The van der Waals surface area contributed by atoms with Crippen LogP contribution in [0.25, 0.3) is 0 Å². The number of hydrogen-bond acceptors (Lipinski definition) is 2. The minimum Gasteiger partial charge on any atom is -0.351 e. The molecule has 0 radical (unpaired) electrons. The number of hydrogen-bond donors (Lipinski definition) is 1. The van der Waals surface area contributed by atoms with Crippen molar-refractivity contribution < 1.29 is 4.79 Å². The quantitative estimate of drug-likeness (QED) is 0.922. The van der Waals surface area contributed by atoms with Gasteiger partial charge in [0.2, 0.25) is 0 Å². The summed E-state index contributed by atoms with van der Waals surface area (Å²) in [5.74, 6) is -0.143. The molecular weight excluding hydrogens is 307 g/mol. The summed E-state index contributed by atoms with van der Waals surface area (Å²) in [6.45, 7) is 3.82. The molecule has 0 saturated carbocycles. The maximum atomic E-state index is 11.9. The van der Waals surface area contributed by atoms with Gasteiger partial charge in [-0.25, -0.2) is 0 Å². The minimum atomic E-state index is -0.143. The number of nitrogens with zero attached hydrogens (tertiary/aromatic N) is 1. The largest absolute Gasteiger partial charge is 0.351 e. The van der Waals surface area contributed by atoms with Gasteiger partial charge in [-0.3, -0.25) is 4.79 Å². The Labute approximate surface area is 129 Å². The molecule has 6 heteroatoms. The van der Waals surface area contributed by atoms with Gasteiger partial charge in [0, 0.05) is 18.1 Å². The molecule has 1 aromatic rings. The van der Waals surface area contributed by atoms with E-state index in [4.69, 9.17) is 23.2 Å². The molecule has 1 N–H and O–H groups in total. The summed E-state index contributed by atoms with van der Waals surface area (Å²) in [6.07, 6.45) is 2.52. The zero-order valence-corrected chi connectivity index (χ0v) is 12.8. The molecule has 0 aromatic heterocycles. The third kappa shape index (κ3) is 4.84. The number of amides is 1. The molecule has 0 unspecified atom stereocenters. The summed E-state index contributed by atoms with van der Waals surface area (Å²) in [7, 11) is 0. The second-order valence-electron chi connectivity index (χ2n) is 4.43. The van der Waals surface area contributed by atoms with E-state index in [-0.39, 0.29) is 18.3 Å². The summed E-state index contributed by atoms with van der Waals surface area (Å²) in [5, 5.41) is 3.80. The molecule has 19 heavy (non-hydrogen) atoms. The van der Waals surface area contributed by atoms with Crippen LogP contribution in [0.5, 0.6) is 0 Å². The summed E-state index contributed by atoms with van der Waals surface area (Å²) in [5.41, 5.74) is 0.475.